The fourth-order valence-electron chi connectivity index (χ4n) is 1.91. The summed E-state index contributed by atoms with van der Waals surface area (Å²) in [6.07, 6.45) is 0. The van der Waals surface area contributed by atoms with Crippen molar-refractivity contribution in [3.63, 3.8) is 0 Å². The molecule has 1 unspecified atom stereocenters. The summed E-state index contributed by atoms with van der Waals surface area (Å²) in [4.78, 5) is 16.3. The fourth-order valence-corrected chi connectivity index (χ4v) is 1.91. The van der Waals surface area contributed by atoms with E-state index in [1.165, 1.54) is 12.1 Å². The van der Waals surface area contributed by atoms with Crippen molar-refractivity contribution in [1.82, 2.24) is 15.5 Å². The van der Waals surface area contributed by atoms with Crippen LogP contribution in [-0.4, -0.2) is 22.1 Å². The maximum Gasteiger partial charge on any atom is 0.249 e. The number of nitrogens with two attached hydrogens (primary N) is 1. The molecule has 1 aromatic heterocycles. The Morgan fingerprint density at radius 1 is 1.38 bits per heavy atom. The summed E-state index contributed by atoms with van der Waals surface area (Å²) in [6, 6.07) is 4.74. The number of carbonyl (C=O) groups excluding carboxylic acids is 1. The van der Waals surface area contributed by atoms with Crippen LogP contribution in [0.15, 0.2) is 28.8 Å². The minimum Gasteiger partial charge on any atom is -0.343 e. The number of aromatic nitrogens is 2. The van der Waals surface area contributed by atoms with Crippen LogP contribution in [0.5, 0.6) is 0 Å². The number of halogens is 2. The third-order valence-electron chi connectivity index (χ3n) is 3.47. The average Bonchev–Trinajstić information content (AvgIpc) is 2.95. The van der Waals surface area contributed by atoms with E-state index in [1.807, 2.05) is 20.8 Å². The number of hydrogen-bond donors (Lipinski definition) is 2. The van der Waals surface area contributed by atoms with Gasteiger partial charge in [-0.3, -0.25) is 4.79 Å². The van der Waals surface area contributed by atoms with Gasteiger partial charge in [0.25, 0.3) is 0 Å². The normalized spacial score (nSPS) is 13.8. The number of nitrogens with one attached hydrogen (secondary N) is 1. The van der Waals surface area contributed by atoms with Crippen molar-refractivity contribution in [3.05, 3.63) is 36.0 Å². The lowest BCUT2D eigenvalue weighted by Crippen LogP contribution is -2.49. The van der Waals surface area contributed by atoms with Gasteiger partial charge in [-0.25, -0.2) is 4.39 Å². The van der Waals surface area contributed by atoms with Gasteiger partial charge in [0.05, 0.1) is 6.04 Å². The smallest absolute Gasteiger partial charge is 0.249 e. The van der Waals surface area contributed by atoms with E-state index >= 15 is 0 Å². The van der Waals surface area contributed by atoms with Gasteiger partial charge in [0.1, 0.15) is 11.9 Å². The molecule has 2 aromatic rings. The zero-order valence-electron chi connectivity index (χ0n) is 14.0. The van der Waals surface area contributed by atoms with Crippen LogP contribution >= 0.6 is 12.4 Å². The number of carbonyl (C=O) groups is 1. The Morgan fingerprint density at radius 2 is 2.04 bits per heavy atom. The van der Waals surface area contributed by atoms with E-state index in [9.17, 15) is 9.18 Å². The van der Waals surface area contributed by atoms with Crippen molar-refractivity contribution in [2.24, 2.45) is 11.1 Å². The summed E-state index contributed by atoms with van der Waals surface area (Å²) in [7, 11) is 0. The Hall–Kier alpha value is -1.99. The summed E-state index contributed by atoms with van der Waals surface area (Å²) in [5, 5.41) is 6.56. The Bertz CT molecular complexity index is 699. The SMILES string of the molecule is CC(NC(=O)[C@@H](N)C(C)(C)C)c1nc(-c2cccc(F)c2)no1.Cl. The molecule has 0 aliphatic rings. The number of rotatable bonds is 4. The third-order valence-corrected chi connectivity index (χ3v) is 3.47. The zero-order valence-corrected chi connectivity index (χ0v) is 14.9. The van der Waals surface area contributed by atoms with Crippen LogP contribution in [0.25, 0.3) is 11.4 Å². The van der Waals surface area contributed by atoms with E-state index in [2.05, 4.69) is 15.5 Å². The third kappa shape index (κ3) is 4.75. The topological polar surface area (TPSA) is 94.0 Å². The van der Waals surface area contributed by atoms with E-state index in [1.54, 1.807) is 19.1 Å². The lowest BCUT2D eigenvalue weighted by Gasteiger charge is -2.26. The van der Waals surface area contributed by atoms with Crippen LogP contribution in [0, 0.1) is 11.2 Å². The highest BCUT2D eigenvalue weighted by Gasteiger charge is 2.29. The van der Waals surface area contributed by atoms with Gasteiger partial charge in [0.2, 0.25) is 17.6 Å². The van der Waals surface area contributed by atoms with Gasteiger partial charge in [-0.1, -0.05) is 38.1 Å². The maximum absolute atomic E-state index is 13.2. The Balaban J connectivity index is 0.00000288. The zero-order chi connectivity index (χ0) is 17.2. The van der Waals surface area contributed by atoms with Gasteiger partial charge >= 0.3 is 0 Å². The molecule has 8 heteroatoms. The van der Waals surface area contributed by atoms with Gasteiger partial charge in [-0.15, -0.1) is 12.4 Å². The second-order valence-electron chi connectivity index (χ2n) is 6.54. The molecule has 3 N–H and O–H groups in total. The monoisotopic (exact) mass is 356 g/mol. The molecule has 0 spiro atoms. The Labute approximate surface area is 146 Å². The quantitative estimate of drug-likeness (QED) is 0.878. The standard InChI is InChI=1S/C16H21FN4O2.ClH/c1-9(19-14(22)12(18)16(2,3)4)15-20-13(21-23-15)10-6-5-7-11(17)8-10;/h5-9,12H,18H2,1-4H3,(H,19,22);1H/t9?,12-;/m1./s1. The highest BCUT2D eigenvalue weighted by Crippen LogP contribution is 2.21. The van der Waals surface area contributed by atoms with Crippen LogP contribution in [0.4, 0.5) is 4.39 Å². The van der Waals surface area contributed by atoms with Crippen molar-refractivity contribution < 1.29 is 13.7 Å². The van der Waals surface area contributed by atoms with Crippen molar-refractivity contribution in [1.29, 1.82) is 0 Å². The molecule has 0 saturated heterocycles. The number of nitrogens with zero attached hydrogens (tertiary/aromatic N) is 2. The molecule has 1 aromatic carbocycles. The van der Waals surface area contributed by atoms with E-state index in [4.69, 9.17) is 10.3 Å². The summed E-state index contributed by atoms with van der Waals surface area (Å²) in [6.45, 7) is 7.38. The minimum absolute atomic E-state index is 0. The first-order valence-corrected chi connectivity index (χ1v) is 7.34. The minimum atomic E-state index is -0.657. The lowest BCUT2D eigenvalue weighted by atomic mass is 9.87. The molecular formula is C16H22ClFN4O2. The molecule has 0 saturated carbocycles. The van der Waals surface area contributed by atoms with Gasteiger partial charge in [0.15, 0.2) is 0 Å². The predicted molar refractivity (Wildman–Crippen MR) is 90.9 cm³/mol. The fraction of sp³-hybridized carbons (Fsp3) is 0.438. The first kappa shape index (κ1) is 20.1. The van der Waals surface area contributed by atoms with Crippen LogP contribution in [0.2, 0.25) is 0 Å². The molecule has 0 radical (unpaired) electrons. The largest absolute Gasteiger partial charge is 0.343 e. The first-order chi connectivity index (χ1) is 10.7. The van der Waals surface area contributed by atoms with Crippen molar-refractivity contribution >= 4 is 18.3 Å². The highest BCUT2D eigenvalue weighted by molar-refractivity contribution is 5.85. The number of benzene rings is 1. The highest BCUT2D eigenvalue weighted by atomic mass is 35.5. The molecule has 0 aliphatic carbocycles. The van der Waals surface area contributed by atoms with Crippen LogP contribution in [0.3, 0.4) is 0 Å². The van der Waals surface area contributed by atoms with Crippen LogP contribution in [0.1, 0.15) is 39.6 Å². The average molecular weight is 357 g/mol. The van der Waals surface area contributed by atoms with Gasteiger partial charge in [-0.2, -0.15) is 4.98 Å². The summed E-state index contributed by atoms with van der Waals surface area (Å²) in [5.74, 6) is -0.179. The van der Waals surface area contributed by atoms with E-state index in [0.717, 1.165) is 0 Å². The maximum atomic E-state index is 13.2. The summed E-state index contributed by atoms with van der Waals surface area (Å²) >= 11 is 0. The molecule has 1 heterocycles. The molecule has 2 rings (SSSR count). The molecule has 24 heavy (non-hydrogen) atoms. The second-order valence-corrected chi connectivity index (χ2v) is 6.54. The second kappa shape index (κ2) is 7.72. The van der Waals surface area contributed by atoms with E-state index in [0.29, 0.717) is 5.56 Å². The van der Waals surface area contributed by atoms with Gasteiger partial charge in [0, 0.05) is 5.56 Å². The molecule has 6 nitrogen and oxygen atoms in total. The molecule has 0 aliphatic heterocycles. The molecule has 0 fully saturated rings. The molecule has 2 atom stereocenters. The summed E-state index contributed by atoms with van der Waals surface area (Å²) in [5.41, 5.74) is 6.06. The number of hydrogen-bond acceptors (Lipinski definition) is 5. The Morgan fingerprint density at radius 3 is 2.62 bits per heavy atom. The predicted octanol–water partition coefficient (Wildman–Crippen LogP) is 2.85. The van der Waals surface area contributed by atoms with Gasteiger partial charge in [-0.05, 0) is 24.5 Å². The number of amides is 1. The first-order valence-electron chi connectivity index (χ1n) is 7.34. The molecular weight excluding hydrogens is 335 g/mol. The van der Waals surface area contributed by atoms with Crippen molar-refractivity contribution in [3.8, 4) is 11.4 Å². The van der Waals surface area contributed by atoms with Gasteiger partial charge < -0.3 is 15.6 Å². The Kier molecular flexibility index (Phi) is 6.45. The van der Waals surface area contributed by atoms with Crippen LogP contribution < -0.4 is 11.1 Å². The van der Waals surface area contributed by atoms with E-state index in [-0.39, 0.29) is 41.3 Å². The molecule has 0 bridgehead atoms. The molecule has 1 amide bonds. The summed E-state index contributed by atoms with van der Waals surface area (Å²) < 4.78 is 18.4. The molecule has 132 valence electrons. The van der Waals surface area contributed by atoms with Crippen molar-refractivity contribution in [2.45, 2.75) is 39.8 Å². The lowest BCUT2D eigenvalue weighted by molar-refractivity contribution is -0.125. The van der Waals surface area contributed by atoms with E-state index < -0.39 is 12.1 Å². The van der Waals surface area contributed by atoms with Crippen molar-refractivity contribution in [2.75, 3.05) is 0 Å². The van der Waals surface area contributed by atoms with Crippen LogP contribution in [-0.2, 0) is 4.79 Å².